The molecule has 3 heteroatoms. The average molecular weight is 289 g/mol. The number of hydrogen-bond acceptors (Lipinski definition) is 3. The van der Waals surface area contributed by atoms with Gasteiger partial charge in [-0.15, -0.1) is 0 Å². The van der Waals surface area contributed by atoms with Crippen molar-refractivity contribution in [1.29, 1.82) is 0 Å². The summed E-state index contributed by atoms with van der Waals surface area (Å²) in [5, 5.41) is 3.25. The SMILES string of the molecule is CCc1nc(C2CCCCCC2)nc(CC)c1CCNC. The van der Waals surface area contributed by atoms with E-state index in [-0.39, 0.29) is 0 Å². The van der Waals surface area contributed by atoms with Gasteiger partial charge in [0.15, 0.2) is 0 Å². The van der Waals surface area contributed by atoms with Crippen molar-refractivity contribution in [2.75, 3.05) is 13.6 Å². The molecule has 0 bridgehead atoms. The van der Waals surface area contributed by atoms with Crippen molar-refractivity contribution in [2.45, 2.75) is 77.6 Å². The summed E-state index contributed by atoms with van der Waals surface area (Å²) in [6, 6.07) is 0. The first-order valence-corrected chi connectivity index (χ1v) is 8.83. The van der Waals surface area contributed by atoms with E-state index in [2.05, 4.69) is 19.2 Å². The molecule has 0 radical (unpaired) electrons. The van der Waals surface area contributed by atoms with Crippen LogP contribution < -0.4 is 5.32 Å². The van der Waals surface area contributed by atoms with E-state index in [0.29, 0.717) is 5.92 Å². The minimum atomic E-state index is 0.599. The van der Waals surface area contributed by atoms with E-state index in [1.54, 1.807) is 0 Å². The van der Waals surface area contributed by atoms with E-state index >= 15 is 0 Å². The Morgan fingerprint density at radius 1 is 0.952 bits per heavy atom. The minimum Gasteiger partial charge on any atom is -0.319 e. The van der Waals surface area contributed by atoms with Crippen molar-refractivity contribution in [3.8, 4) is 0 Å². The predicted octanol–water partition coefficient (Wildman–Crippen LogP) is 3.80. The van der Waals surface area contributed by atoms with Gasteiger partial charge in [0.05, 0.1) is 0 Å². The van der Waals surface area contributed by atoms with Crippen molar-refractivity contribution < 1.29 is 0 Å². The van der Waals surface area contributed by atoms with E-state index in [1.807, 2.05) is 7.05 Å². The largest absolute Gasteiger partial charge is 0.319 e. The first kappa shape index (κ1) is 16.4. The molecule has 0 unspecified atom stereocenters. The molecule has 1 aromatic heterocycles. The molecule has 1 fully saturated rings. The lowest BCUT2D eigenvalue weighted by Gasteiger charge is -2.18. The number of nitrogens with one attached hydrogen (secondary N) is 1. The molecule has 0 aliphatic heterocycles. The molecular formula is C18H31N3. The first-order chi connectivity index (χ1) is 10.3. The number of hydrogen-bond donors (Lipinski definition) is 1. The Morgan fingerprint density at radius 2 is 1.52 bits per heavy atom. The number of rotatable bonds is 6. The molecule has 21 heavy (non-hydrogen) atoms. The molecule has 1 heterocycles. The zero-order chi connectivity index (χ0) is 15.1. The summed E-state index contributed by atoms with van der Waals surface area (Å²) in [5.41, 5.74) is 3.97. The van der Waals surface area contributed by atoms with Gasteiger partial charge in [0.25, 0.3) is 0 Å². The van der Waals surface area contributed by atoms with Crippen LogP contribution in [0.1, 0.15) is 81.1 Å². The highest BCUT2D eigenvalue weighted by atomic mass is 14.9. The lowest BCUT2D eigenvalue weighted by atomic mass is 9.97. The highest BCUT2D eigenvalue weighted by Crippen LogP contribution is 2.30. The second-order valence-electron chi connectivity index (χ2n) is 6.20. The van der Waals surface area contributed by atoms with Crippen LogP contribution >= 0.6 is 0 Å². The van der Waals surface area contributed by atoms with Crippen molar-refractivity contribution in [2.24, 2.45) is 0 Å². The van der Waals surface area contributed by atoms with E-state index in [9.17, 15) is 0 Å². The van der Waals surface area contributed by atoms with Crippen LogP contribution in [0.2, 0.25) is 0 Å². The molecule has 1 N–H and O–H groups in total. The van der Waals surface area contributed by atoms with Crippen LogP contribution in [0.15, 0.2) is 0 Å². The lowest BCUT2D eigenvalue weighted by Crippen LogP contribution is -2.17. The first-order valence-electron chi connectivity index (χ1n) is 8.83. The third-order valence-electron chi connectivity index (χ3n) is 4.71. The van der Waals surface area contributed by atoms with Gasteiger partial charge >= 0.3 is 0 Å². The van der Waals surface area contributed by atoms with Gasteiger partial charge in [0, 0.05) is 17.3 Å². The molecule has 0 saturated heterocycles. The zero-order valence-electron chi connectivity index (χ0n) is 14.0. The summed E-state index contributed by atoms with van der Waals surface area (Å²) in [6.45, 7) is 5.45. The van der Waals surface area contributed by atoms with Gasteiger partial charge in [-0.25, -0.2) is 9.97 Å². The van der Waals surface area contributed by atoms with Gasteiger partial charge < -0.3 is 5.32 Å². The van der Waals surface area contributed by atoms with Crippen LogP contribution in [0.4, 0.5) is 0 Å². The van der Waals surface area contributed by atoms with Crippen LogP contribution in [0.3, 0.4) is 0 Å². The van der Waals surface area contributed by atoms with Gasteiger partial charge in [0.1, 0.15) is 5.82 Å². The highest BCUT2D eigenvalue weighted by Gasteiger charge is 2.20. The monoisotopic (exact) mass is 289 g/mol. The zero-order valence-corrected chi connectivity index (χ0v) is 14.0. The number of likely N-dealkylation sites (N-methyl/N-ethyl adjacent to an activating group) is 1. The fourth-order valence-electron chi connectivity index (χ4n) is 3.45. The molecule has 1 aromatic rings. The molecule has 1 aliphatic carbocycles. The second kappa shape index (κ2) is 8.47. The quantitative estimate of drug-likeness (QED) is 0.809. The standard InChI is InChI=1S/C18H31N3/c1-4-16-15(12-13-19-3)17(5-2)21-18(20-16)14-10-8-6-7-9-11-14/h14,19H,4-13H2,1-3H3. The van der Waals surface area contributed by atoms with Gasteiger partial charge in [-0.2, -0.15) is 0 Å². The van der Waals surface area contributed by atoms with Gasteiger partial charge in [0.2, 0.25) is 0 Å². The second-order valence-corrected chi connectivity index (χ2v) is 6.20. The smallest absolute Gasteiger partial charge is 0.131 e. The molecule has 2 rings (SSSR count). The molecule has 3 nitrogen and oxygen atoms in total. The third-order valence-corrected chi connectivity index (χ3v) is 4.71. The lowest BCUT2D eigenvalue weighted by molar-refractivity contribution is 0.552. The summed E-state index contributed by atoms with van der Waals surface area (Å²) in [7, 11) is 2.01. The van der Waals surface area contributed by atoms with Crippen LogP contribution in [0.25, 0.3) is 0 Å². The normalized spacial score (nSPS) is 16.9. The van der Waals surface area contributed by atoms with Crippen LogP contribution in [0, 0.1) is 0 Å². The number of nitrogens with zero attached hydrogens (tertiary/aromatic N) is 2. The summed E-state index contributed by atoms with van der Waals surface area (Å²) in [5.74, 6) is 1.74. The van der Waals surface area contributed by atoms with E-state index in [1.165, 1.54) is 55.5 Å². The molecule has 118 valence electrons. The fraction of sp³-hybridized carbons (Fsp3) is 0.778. The maximum atomic E-state index is 4.98. The van der Waals surface area contributed by atoms with Crippen molar-refractivity contribution >= 4 is 0 Å². The molecular weight excluding hydrogens is 258 g/mol. The molecule has 0 spiro atoms. The number of aryl methyl sites for hydroxylation is 2. The van der Waals surface area contributed by atoms with E-state index in [0.717, 1.165) is 31.6 Å². The fourth-order valence-corrected chi connectivity index (χ4v) is 3.45. The van der Waals surface area contributed by atoms with E-state index < -0.39 is 0 Å². The van der Waals surface area contributed by atoms with Crippen molar-refractivity contribution in [3.63, 3.8) is 0 Å². The maximum Gasteiger partial charge on any atom is 0.131 e. The van der Waals surface area contributed by atoms with Gasteiger partial charge in [-0.1, -0.05) is 39.5 Å². The van der Waals surface area contributed by atoms with Crippen molar-refractivity contribution in [3.05, 3.63) is 22.8 Å². The Kier molecular flexibility index (Phi) is 6.62. The van der Waals surface area contributed by atoms with Crippen molar-refractivity contribution in [1.82, 2.24) is 15.3 Å². The molecule has 0 atom stereocenters. The van der Waals surface area contributed by atoms with Crippen LogP contribution in [-0.4, -0.2) is 23.6 Å². The molecule has 1 aliphatic rings. The Balaban J connectivity index is 2.29. The summed E-state index contributed by atoms with van der Waals surface area (Å²) >= 11 is 0. The maximum absolute atomic E-state index is 4.98. The Morgan fingerprint density at radius 3 is 2.00 bits per heavy atom. The third kappa shape index (κ3) is 4.26. The summed E-state index contributed by atoms with van der Waals surface area (Å²) < 4.78 is 0. The highest BCUT2D eigenvalue weighted by molar-refractivity contribution is 5.28. The summed E-state index contributed by atoms with van der Waals surface area (Å²) in [6.07, 6.45) is 11.1. The average Bonchev–Trinajstić information content (AvgIpc) is 2.81. The molecule has 0 aromatic carbocycles. The minimum absolute atomic E-state index is 0.599. The van der Waals surface area contributed by atoms with Gasteiger partial charge in [-0.3, -0.25) is 0 Å². The molecule has 0 amide bonds. The number of aromatic nitrogens is 2. The van der Waals surface area contributed by atoms with Gasteiger partial charge in [-0.05, 0) is 51.3 Å². The predicted molar refractivity (Wildman–Crippen MR) is 88.9 cm³/mol. The van der Waals surface area contributed by atoms with E-state index in [4.69, 9.17) is 9.97 Å². The Hall–Kier alpha value is -0.960. The Bertz CT molecular complexity index is 409. The molecule has 1 saturated carbocycles. The summed E-state index contributed by atoms with van der Waals surface area (Å²) in [4.78, 5) is 9.96. The topological polar surface area (TPSA) is 37.8 Å². The Labute approximate surface area is 130 Å². The van der Waals surface area contributed by atoms with Crippen LogP contribution in [0.5, 0.6) is 0 Å². The van der Waals surface area contributed by atoms with Crippen LogP contribution in [-0.2, 0) is 19.3 Å².